The zero-order chi connectivity index (χ0) is 28.0. The highest BCUT2D eigenvalue weighted by atomic mass is 16.6. The van der Waals surface area contributed by atoms with E-state index < -0.39 is 0 Å². The van der Waals surface area contributed by atoms with E-state index in [2.05, 4.69) is 88.8 Å². The largest absolute Gasteiger partial charge is 0.473 e. The minimum Gasteiger partial charge on any atom is -0.473 e. The van der Waals surface area contributed by atoms with Gasteiger partial charge in [0.05, 0.1) is 0 Å². The molecule has 6 heteroatoms. The van der Waals surface area contributed by atoms with Crippen molar-refractivity contribution in [3.63, 3.8) is 0 Å². The van der Waals surface area contributed by atoms with Crippen molar-refractivity contribution in [2.24, 2.45) is 0 Å². The van der Waals surface area contributed by atoms with Crippen LogP contribution in [0.5, 0.6) is 5.88 Å². The molecule has 2 heterocycles. The van der Waals surface area contributed by atoms with Crippen LogP contribution in [0.2, 0.25) is 0 Å². The van der Waals surface area contributed by atoms with Gasteiger partial charge in [-0.2, -0.15) is 0 Å². The number of carbonyl (C=O) groups excluding carboxylic acids is 1. The number of aromatic nitrogens is 1. The Hall–Kier alpha value is -4.42. The number of benzene rings is 3. The monoisotopic (exact) mass is 545 g/mol. The first-order valence-electron chi connectivity index (χ1n) is 14.3. The van der Waals surface area contributed by atoms with E-state index in [1.807, 2.05) is 30.0 Å². The Bertz CT molecular complexity index is 1460. The maximum absolute atomic E-state index is 12.9. The smallest absolute Gasteiger partial charge is 0.409 e. The number of hydrogen-bond acceptors (Lipinski definition) is 5. The summed E-state index contributed by atoms with van der Waals surface area (Å²) in [6, 6.07) is 29.3. The maximum Gasteiger partial charge on any atom is 0.409 e. The summed E-state index contributed by atoms with van der Waals surface area (Å²) in [6.07, 6.45) is 5.65. The average molecular weight is 546 g/mol. The van der Waals surface area contributed by atoms with Gasteiger partial charge < -0.3 is 14.4 Å². The fourth-order valence-corrected chi connectivity index (χ4v) is 5.62. The molecule has 1 aliphatic carbocycles. The minimum absolute atomic E-state index is 0.0863. The van der Waals surface area contributed by atoms with Gasteiger partial charge in [-0.15, -0.1) is 0 Å². The van der Waals surface area contributed by atoms with Crippen molar-refractivity contribution < 1.29 is 14.3 Å². The fourth-order valence-electron chi connectivity index (χ4n) is 5.62. The Morgan fingerprint density at radius 1 is 0.878 bits per heavy atom. The number of pyridine rings is 1. The molecule has 1 aromatic heterocycles. The van der Waals surface area contributed by atoms with Crippen LogP contribution in [0, 0.1) is 6.92 Å². The number of carbonyl (C=O) groups is 1. The number of hydrogen-bond donors (Lipinski definition) is 0. The molecule has 0 bridgehead atoms. The molecule has 0 unspecified atom stereocenters. The number of ether oxygens (including phenoxy) is 2. The Labute approximate surface area is 241 Å². The van der Waals surface area contributed by atoms with Crippen LogP contribution < -0.4 is 4.74 Å². The number of rotatable bonds is 8. The third kappa shape index (κ3) is 6.34. The predicted octanol–water partition coefficient (Wildman–Crippen LogP) is 6.55. The maximum atomic E-state index is 12.9. The molecule has 2 aliphatic rings. The zero-order valence-corrected chi connectivity index (χ0v) is 23.4. The highest BCUT2D eigenvalue weighted by molar-refractivity contribution is 5.79. The molecule has 1 amide bonds. The van der Waals surface area contributed by atoms with Crippen LogP contribution in [0.15, 0.2) is 97.2 Å². The van der Waals surface area contributed by atoms with E-state index >= 15 is 0 Å². The van der Waals surface area contributed by atoms with E-state index in [1.165, 1.54) is 27.8 Å². The molecule has 6 rings (SSSR count). The number of aryl methyl sites for hydroxylation is 1. The van der Waals surface area contributed by atoms with Gasteiger partial charge >= 0.3 is 6.09 Å². The van der Waals surface area contributed by atoms with E-state index in [-0.39, 0.29) is 12.0 Å². The normalized spacial score (nSPS) is 15.1. The summed E-state index contributed by atoms with van der Waals surface area (Å²) in [5.74, 6) is 0.720. The Balaban J connectivity index is 0.945. The molecule has 1 saturated heterocycles. The molecular weight excluding hydrogens is 510 g/mol. The van der Waals surface area contributed by atoms with Crippen LogP contribution in [-0.4, -0.2) is 60.3 Å². The fraction of sp³-hybridized carbons (Fsp3) is 0.257. The molecular formula is C35H35N3O3. The average Bonchev–Trinajstić information content (AvgIpc) is 3.34. The molecule has 208 valence electrons. The third-order valence-electron chi connectivity index (χ3n) is 7.87. The summed E-state index contributed by atoms with van der Waals surface area (Å²) in [5.41, 5.74) is 8.47. The summed E-state index contributed by atoms with van der Waals surface area (Å²) in [5, 5.41) is 0. The van der Waals surface area contributed by atoms with Crippen LogP contribution in [0.25, 0.3) is 17.2 Å². The van der Waals surface area contributed by atoms with Gasteiger partial charge in [-0.25, -0.2) is 9.78 Å². The van der Waals surface area contributed by atoms with E-state index in [0.29, 0.717) is 32.2 Å². The molecule has 1 aliphatic heterocycles. The first-order valence-corrected chi connectivity index (χ1v) is 14.3. The number of nitrogens with zero attached hydrogens (tertiary/aromatic N) is 3. The van der Waals surface area contributed by atoms with Crippen LogP contribution in [-0.2, 0) is 11.3 Å². The zero-order valence-electron chi connectivity index (χ0n) is 23.4. The summed E-state index contributed by atoms with van der Waals surface area (Å²) in [6.45, 7) is 6.72. The van der Waals surface area contributed by atoms with E-state index in [4.69, 9.17) is 9.47 Å². The number of piperazine rings is 1. The second kappa shape index (κ2) is 12.4. The number of amides is 1. The Morgan fingerprint density at radius 2 is 1.56 bits per heavy atom. The van der Waals surface area contributed by atoms with Gasteiger partial charge in [0, 0.05) is 50.9 Å². The van der Waals surface area contributed by atoms with Crippen molar-refractivity contribution in [3.05, 3.63) is 125 Å². The van der Waals surface area contributed by atoms with Crippen molar-refractivity contribution >= 4 is 12.2 Å². The second-order valence-electron chi connectivity index (χ2n) is 10.7. The van der Waals surface area contributed by atoms with Gasteiger partial charge in [0.2, 0.25) is 5.88 Å². The summed E-state index contributed by atoms with van der Waals surface area (Å²) >= 11 is 0. The molecule has 3 aromatic carbocycles. The lowest BCUT2D eigenvalue weighted by Crippen LogP contribution is -2.48. The highest BCUT2D eigenvalue weighted by Crippen LogP contribution is 2.44. The summed E-state index contributed by atoms with van der Waals surface area (Å²) in [4.78, 5) is 21.4. The Morgan fingerprint density at radius 3 is 2.22 bits per heavy atom. The molecule has 0 spiro atoms. The van der Waals surface area contributed by atoms with Crippen LogP contribution in [0.3, 0.4) is 0 Å². The molecule has 0 atom stereocenters. The van der Waals surface area contributed by atoms with Crippen LogP contribution in [0.1, 0.15) is 33.7 Å². The van der Waals surface area contributed by atoms with Gasteiger partial charge in [-0.3, -0.25) is 4.90 Å². The lowest BCUT2D eigenvalue weighted by Gasteiger charge is -2.34. The predicted molar refractivity (Wildman–Crippen MR) is 162 cm³/mol. The van der Waals surface area contributed by atoms with Crippen LogP contribution in [0.4, 0.5) is 4.79 Å². The molecule has 4 aromatic rings. The molecule has 0 saturated carbocycles. The standard InChI is InChI=1S/C35H35N3O3/c1-26-12-17-34(36-23-26)40-22-6-7-27-13-15-28(16-14-27)24-37-18-20-38(21-19-37)35(39)41-25-33-31-10-4-2-8-29(31)30-9-3-5-11-32(30)33/h2-17,23,33H,18-22,24-25H2,1H3/b7-6+. The van der Waals surface area contributed by atoms with Gasteiger partial charge in [-0.1, -0.05) is 84.9 Å². The van der Waals surface area contributed by atoms with Gasteiger partial charge in [-0.05, 0) is 51.9 Å². The van der Waals surface area contributed by atoms with E-state index in [0.717, 1.165) is 30.8 Å². The van der Waals surface area contributed by atoms with Gasteiger partial charge in [0.25, 0.3) is 0 Å². The quantitative estimate of drug-likeness (QED) is 0.251. The molecule has 1 fully saturated rings. The van der Waals surface area contributed by atoms with Gasteiger partial charge in [0.15, 0.2) is 0 Å². The van der Waals surface area contributed by atoms with Crippen molar-refractivity contribution in [1.82, 2.24) is 14.8 Å². The van der Waals surface area contributed by atoms with E-state index in [9.17, 15) is 4.79 Å². The SMILES string of the molecule is Cc1ccc(OC/C=C/c2ccc(CN3CCN(C(=O)OCC4c5ccccc5-c5ccccc54)CC3)cc2)nc1. The molecule has 0 N–H and O–H groups in total. The van der Waals surface area contributed by atoms with Crippen molar-refractivity contribution in [2.75, 3.05) is 39.4 Å². The first-order chi connectivity index (χ1) is 20.1. The van der Waals surface area contributed by atoms with Crippen molar-refractivity contribution in [3.8, 4) is 17.0 Å². The van der Waals surface area contributed by atoms with E-state index in [1.54, 1.807) is 6.20 Å². The van der Waals surface area contributed by atoms with Crippen LogP contribution >= 0.6 is 0 Å². The molecule has 0 radical (unpaired) electrons. The summed E-state index contributed by atoms with van der Waals surface area (Å²) in [7, 11) is 0. The van der Waals surface area contributed by atoms with Crippen molar-refractivity contribution in [1.29, 1.82) is 0 Å². The van der Waals surface area contributed by atoms with Crippen molar-refractivity contribution in [2.45, 2.75) is 19.4 Å². The Kier molecular flexibility index (Phi) is 8.10. The molecule has 41 heavy (non-hydrogen) atoms. The number of fused-ring (bicyclic) bond motifs is 3. The lowest BCUT2D eigenvalue weighted by molar-refractivity contribution is 0.0728. The second-order valence-corrected chi connectivity index (χ2v) is 10.7. The third-order valence-corrected chi connectivity index (χ3v) is 7.87. The highest BCUT2D eigenvalue weighted by Gasteiger charge is 2.30. The minimum atomic E-state index is -0.218. The first kappa shape index (κ1) is 26.8. The van der Waals surface area contributed by atoms with Gasteiger partial charge in [0.1, 0.15) is 13.2 Å². The molecule has 6 nitrogen and oxygen atoms in total. The lowest BCUT2D eigenvalue weighted by atomic mass is 9.98. The topological polar surface area (TPSA) is 54.9 Å². The summed E-state index contributed by atoms with van der Waals surface area (Å²) < 4.78 is 11.5.